The molecule has 0 saturated heterocycles. The molecule has 1 unspecified atom stereocenters. The third-order valence-corrected chi connectivity index (χ3v) is 3.74. The van der Waals surface area contributed by atoms with Gasteiger partial charge >= 0.3 is 5.97 Å². The molecule has 2 heteroatoms. The van der Waals surface area contributed by atoms with E-state index in [1.807, 2.05) is 0 Å². The van der Waals surface area contributed by atoms with Gasteiger partial charge in [-0.15, -0.1) is 6.42 Å². The lowest BCUT2D eigenvalue weighted by atomic mass is 9.72. The molecule has 0 aliphatic heterocycles. The number of ether oxygens (including phenoxy) is 1. The van der Waals surface area contributed by atoms with Crippen molar-refractivity contribution in [3.05, 3.63) is 23.3 Å². The van der Waals surface area contributed by atoms with Crippen LogP contribution in [0.5, 0.6) is 0 Å². The van der Waals surface area contributed by atoms with Gasteiger partial charge in [-0.1, -0.05) is 37.5 Å². The van der Waals surface area contributed by atoms with Gasteiger partial charge in [-0.25, -0.2) is 0 Å². The Morgan fingerprint density at radius 3 is 2.74 bits per heavy atom. The Kier molecular flexibility index (Phi) is 4.63. The highest BCUT2D eigenvalue weighted by Gasteiger charge is 2.29. The molecule has 0 bridgehead atoms. The number of hydrogen-bond acceptors (Lipinski definition) is 2. The first-order valence-electron chi connectivity index (χ1n) is 6.75. The molecule has 1 atom stereocenters. The Balaban J connectivity index is 2.96. The van der Waals surface area contributed by atoms with E-state index in [1.54, 1.807) is 6.92 Å². The fourth-order valence-corrected chi connectivity index (χ4v) is 2.61. The highest BCUT2D eigenvalue weighted by atomic mass is 16.6. The second-order valence-electron chi connectivity index (χ2n) is 6.10. The van der Waals surface area contributed by atoms with Gasteiger partial charge in [0.1, 0.15) is 0 Å². The number of terminal acetylenes is 1. The fourth-order valence-electron chi connectivity index (χ4n) is 2.61. The molecule has 1 aliphatic carbocycles. The predicted octanol–water partition coefficient (Wildman–Crippen LogP) is 4.02. The minimum atomic E-state index is -0.855. The molecular weight excluding hydrogens is 236 g/mol. The van der Waals surface area contributed by atoms with Crippen LogP contribution in [0, 0.1) is 17.8 Å². The molecule has 0 saturated carbocycles. The molecule has 0 amide bonds. The van der Waals surface area contributed by atoms with Gasteiger partial charge in [0.15, 0.2) is 5.60 Å². The summed E-state index contributed by atoms with van der Waals surface area (Å²) in [5.41, 5.74) is 1.92. The van der Waals surface area contributed by atoms with Crippen molar-refractivity contribution in [2.24, 2.45) is 5.41 Å². The van der Waals surface area contributed by atoms with Crippen molar-refractivity contribution < 1.29 is 9.53 Å². The third-order valence-electron chi connectivity index (χ3n) is 3.74. The van der Waals surface area contributed by atoms with Crippen molar-refractivity contribution in [2.45, 2.75) is 59.5 Å². The standard InChI is InChI=1S/C17H24O2/c1-7-17(6,19-14(3)18)12-10-15-13(2)9-8-11-16(15,4)5/h1,9-10H,8,11-12H2,2-6H3/b15-10+. The van der Waals surface area contributed by atoms with E-state index in [-0.39, 0.29) is 11.4 Å². The largest absolute Gasteiger partial charge is 0.446 e. The molecule has 0 spiro atoms. The maximum atomic E-state index is 11.1. The zero-order valence-corrected chi connectivity index (χ0v) is 12.7. The maximum absolute atomic E-state index is 11.1. The zero-order chi connectivity index (χ0) is 14.7. The van der Waals surface area contributed by atoms with Crippen molar-refractivity contribution >= 4 is 5.97 Å². The number of rotatable bonds is 3. The van der Waals surface area contributed by atoms with E-state index in [2.05, 4.69) is 38.8 Å². The van der Waals surface area contributed by atoms with Crippen LogP contribution < -0.4 is 0 Å². The average molecular weight is 260 g/mol. The quantitative estimate of drug-likeness (QED) is 0.566. The summed E-state index contributed by atoms with van der Waals surface area (Å²) >= 11 is 0. The van der Waals surface area contributed by atoms with Crippen LogP contribution in [0.25, 0.3) is 0 Å². The first-order valence-corrected chi connectivity index (χ1v) is 6.75. The number of esters is 1. The van der Waals surface area contributed by atoms with Gasteiger partial charge in [-0.2, -0.15) is 0 Å². The Labute approximate surface area is 116 Å². The van der Waals surface area contributed by atoms with Crippen LogP contribution in [0.1, 0.15) is 53.9 Å². The summed E-state index contributed by atoms with van der Waals surface area (Å²) in [6, 6.07) is 0. The van der Waals surface area contributed by atoms with Crippen LogP contribution in [0.15, 0.2) is 23.3 Å². The van der Waals surface area contributed by atoms with Gasteiger partial charge in [0, 0.05) is 13.3 Å². The van der Waals surface area contributed by atoms with Crippen LogP contribution in [0.3, 0.4) is 0 Å². The van der Waals surface area contributed by atoms with Crippen LogP contribution >= 0.6 is 0 Å². The molecule has 0 N–H and O–H groups in total. The van der Waals surface area contributed by atoms with Gasteiger partial charge < -0.3 is 4.74 Å². The predicted molar refractivity (Wildman–Crippen MR) is 78.5 cm³/mol. The summed E-state index contributed by atoms with van der Waals surface area (Å²) in [7, 11) is 0. The van der Waals surface area contributed by atoms with E-state index in [0.717, 1.165) is 12.8 Å². The first kappa shape index (κ1) is 15.6. The van der Waals surface area contributed by atoms with Crippen molar-refractivity contribution in [3.63, 3.8) is 0 Å². The van der Waals surface area contributed by atoms with Gasteiger partial charge in [0.05, 0.1) is 0 Å². The summed E-state index contributed by atoms with van der Waals surface area (Å²) in [6.07, 6.45) is 12.7. The SMILES string of the molecule is C#CC(C)(C/C=C1\C(C)=CCCC1(C)C)OC(C)=O. The summed E-state index contributed by atoms with van der Waals surface area (Å²) in [6.45, 7) is 9.79. The molecule has 1 aliphatic rings. The second-order valence-corrected chi connectivity index (χ2v) is 6.10. The molecule has 0 heterocycles. The number of allylic oxidation sites excluding steroid dienone is 3. The number of hydrogen-bond donors (Lipinski definition) is 0. The molecule has 2 nitrogen and oxygen atoms in total. The first-order chi connectivity index (χ1) is 8.70. The average Bonchev–Trinajstić information content (AvgIpc) is 2.26. The Morgan fingerprint density at radius 1 is 1.63 bits per heavy atom. The van der Waals surface area contributed by atoms with E-state index in [9.17, 15) is 4.79 Å². The lowest BCUT2D eigenvalue weighted by Gasteiger charge is -2.33. The number of carbonyl (C=O) groups excluding carboxylic acids is 1. The van der Waals surface area contributed by atoms with E-state index in [4.69, 9.17) is 11.2 Å². The van der Waals surface area contributed by atoms with E-state index in [0.29, 0.717) is 6.42 Å². The molecule has 0 fully saturated rings. The highest BCUT2D eigenvalue weighted by molar-refractivity contribution is 5.67. The second kappa shape index (κ2) is 5.65. The molecule has 104 valence electrons. The highest BCUT2D eigenvalue weighted by Crippen LogP contribution is 2.40. The van der Waals surface area contributed by atoms with Crippen molar-refractivity contribution in [3.8, 4) is 12.3 Å². The van der Waals surface area contributed by atoms with Crippen LogP contribution in [0.4, 0.5) is 0 Å². The van der Waals surface area contributed by atoms with Gasteiger partial charge in [0.25, 0.3) is 0 Å². The monoisotopic (exact) mass is 260 g/mol. The Bertz CT molecular complexity index is 460. The molecule has 0 radical (unpaired) electrons. The Morgan fingerprint density at radius 2 is 2.26 bits per heavy atom. The third kappa shape index (κ3) is 3.99. The van der Waals surface area contributed by atoms with Gasteiger partial charge in [-0.3, -0.25) is 4.79 Å². The smallest absolute Gasteiger partial charge is 0.304 e. The van der Waals surface area contributed by atoms with Crippen LogP contribution in [-0.4, -0.2) is 11.6 Å². The van der Waals surface area contributed by atoms with E-state index < -0.39 is 5.60 Å². The van der Waals surface area contributed by atoms with Gasteiger partial charge in [0.2, 0.25) is 0 Å². The molecular formula is C17H24O2. The normalized spacial score (nSPS) is 23.2. The van der Waals surface area contributed by atoms with Gasteiger partial charge in [-0.05, 0) is 37.7 Å². The summed E-state index contributed by atoms with van der Waals surface area (Å²) in [4.78, 5) is 11.1. The fraction of sp³-hybridized carbons (Fsp3) is 0.588. The molecule has 0 aromatic carbocycles. The summed E-state index contributed by atoms with van der Waals surface area (Å²) in [5, 5.41) is 0. The number of carbonyl (C=O) groups is 1. The Hall–Kier alpha value is -1.49. The minimum Gasteiger partial charge on any atom is -0.446 e. The van der Waals surface area contributed by atoms with E-state index >= 15 is 0 Å². The zero-order valence-electron chi connectivity index (χ0n) is 12.7. The molecule has 19 heavy (non-hydrogen) atoms. The summed E-state index contributed by atoms with van der Waals surface area (Å²) < 4.78 is 5.24. The molecule has 0 aromatic rings. The van der Waals surface area contributed by atoms with Crippen LogP contribution in [-0.2, 0) is 9.53 Å². The van der Waals surface area contributed by atoms with Crippen molar-refractivity contribution in [1.29, 1.82) is 0 Å². The minimum absolute atomic E-state index is 0.157. The summed E-state index contributed by atoms with van der Waals surface area (Å²) in [5.74, 6) is 2.25. The van der Waals surface area contributed by atoms with Crippen molar-refractivity contribution in [1.82, 2.24) is 0 Å². The topological polar surface area (TPSA) is 26.3 Å². The molecule has 0 aromatic heterocycles. The van der Waals surface area contributed by atoms with Crippen LogP contribution in [0.2, 0.25) is 0 Å². The maximum Gasteiger partial charge on any atom is 0.304 e. The lowest BCUT2D eigenvalue weighted by Crippen LogP contribution is -2.29. The van der Waals surface area contributed by atoms with Crippen molar-refractivity contribution in [2.75, 3.05) is 0 Å². The van der Waals surface area contributed by atoms with E-state index in [1.165, 1.54) is 18.1 Å². The lowest BCUT2D eigenvalue weighted by molar-refractivity contribution is -0.149. The molecule has 1 rings (SSSR count).